The molecule has 0 amide bonds. The van der Waals surface area contributed by atoms with E-state index in [2.05, 4.69) is 154 Å². The normalized spacial score (nSPS) is 24.2. The van der Waals surface area contributed by atoms with E-state index in [1.54, 1.807) is 0 Å². The summed E-state index contributed by atoms with van der Waals surface area (Å²) < 4.78 is 0. The van der Waals surface area contributed by atoms with Crippen LogP contribution in [0.4, 0.5) is 5.69 Å². The van der Waals surface area contributed by atoms with Crippen molar-refractivity contribution in [2.75, 3.05) is 4.90 Å². The van der Waals surface area contributed by atoms with Crippen LogP contribution in [-0.2, 0) is 6.42 Å². The van der Waals surface area contributed by atoms with Crippen LogP contribution in [-0.4, -0.2) is 5.54 Å². The summed E-state index contributed by atoms with van der Waals surface area (Å²) in [6.45, 7) is 11.2. The first-order chi connectivity index (χ1) is 18.3. The zero-order chi connectivity index (χ0) is 26.3. The van der Waals surface area contributed by atoms with Gasteiger partial charge in [-0.3, -0.25) is 0 Å². The third-order valence-corrected chi connectivity index (χ3v) is 8.06. The average molecular weight is 494 g/mol. The molecule has 0 aliphatic heterocycles. The Morgan fingerprint density at radius 3 is 2.47 bits per heavy atom. The van der Waals surface area contributed by atoms with Crippen LogP contribution in [0.5, 0.6) is 0 Å². The quantitative estimate of drug-likeness (QED) is 0.410. The summed E-state index contributed by atoms with van der Waals surface area (Å²) in [5, 5.41) is 0. The summed E-state index contributed by atoms with van der Waals surface area (Å²) >= 11 is 0. The molecule has 0 bridgehead atoms. The van der Waals surface area contributed by atoms with E-state index in [1.807, 2.05) is 0 Å². The van der Waals surface area contributed by atoms with Crippen LogP contribution in [0.3, 0.4) is 0 Å². The van der Waals surface area contributed by atoms with Crippen LogP contribution in [0, 0.1) is 5.41 Å². The van der Waals surface area contributed by atoms with Crippen LogP contribution >= 0.6 is 0 Å². The molecular formula is C37H35N. The Bertz CT molecular complexity index is 1540. The molecule has 1 unspecified atom stereocenters. The molecule has 0 fully saturated rings. The second-order valence-electron chi connectivity index (χ2n) is 11.5. The number of rotatable bonds is 4. The molecule has 38 heavy (non-hydrogen) atoms. The zero-order valence-corrected chi connectivity index (χ0v) is 22.6. The SMILES string of the molecule is C=C1Cc2ccccc2/C1=C/C=C/N(c1ccccc1)C1(C)C=CC2=C(C=C1)C1=CC(C)(C)C=CC=C1C2. The second kappa shape index (κ2) is 9.33. The van der Waals surface area contributed by atoms with Crippen molar-refractivity contribution in [3.63, 3.8) is 0 Å². The standard InChI is InChI=1S/C37H35N/c1-27-24-28-12-8-9-16-33(28)32(27)17-11-23-38(31-14-6-5-7-15-31)37(4)21-18-30-25-29-13-10-20-36(2,3)26-35(29)34(30)19-22-37/h5-23,26H,1,24-25H2,2-4H3/b23-11+,32-17+. The van der Waals surface area contributed by atoms with Gasteiger partial charge in [0, 0.05) is 17.3 Å². The smallest absolute Gasteiger partial charge is 0.0789 e. The summed E-state index contributed by atoms with van der Waals surface area (Å²) in [5.74, 6) is 0. The lowest BCUT2D eigenvalue weighted by Gasteiger charge is -2.36. The molecule has 1 heteroatoms. The fourth-order valence-electron chi connectivity index (χ4n) is 5.98. The predicted molar refractivity (Wildman–Crippen MR) is 163 cm³/mol. The van der Waals surface area contributed by atoms with Crippen molar-refractivity contribution in [3.8, 4) is 0 Å². The molecule has 0 radical (unpaired) electrons. The van der Waals surface area contributed by atoms with Gasteiger partial charge in [0.25, 0.3) is 0 Å². The van der Waals surface area contributed by atoms with Crippen molar-refractivity contribution in [1.29, 1.82) is 0 Å². The van der Waals surface area contributed by atoms with E-state index >= 15 is 0 Å². The lowest BCUT2D eigenvalue weighted by Crippen LogP contribution is -2.39. The first kappa shape index (κ1) is 24.2. The van der Waals surface area contributed by atoms with Gasteiger partial charge in [0.15, 0.2) is 0 Å². The lowest BCUT2D eigenvalue weighted by molar-refractivity contribution is 0.624. The van der Waals surface area contributed by atoms with Crippen molar-refractivity contribution in [2.24, 2.45) is 5.41 Å². The van der Waals surface area contributed by atoms with Crippen molar-refractivity contribution in [2.45, 2.75) is 39.2 Å². The van der Waals surface area contributed by atoms with Crippen molar-refractivity contribution in [1.82, 2.24) is 0 Å². The maximum absolute atomic E-state index is 4.35. The number of hydrogen-bond donors (Lipinski definition) is 0. The predicted octanol–water partition coefficient (Wildman–Crippen LogP) is 9.24. The first-order valence-electron chi connectivity index (χ1n) is 13.6. The Kier molecular flexibility index (Phi) is 5.95. The minimum absolute atomic E-state index is 0.0401. The molecule has 0 N–H and O–H groups in total. The topological polar surface area (TPSA) is 3.24 Å². The molecular weight excluding hydrogens is 458 g/mol. The average Bonchev–Trinajstić information content (AvgIpc) is 3.26. The minimum atomic E-state index is -0.325. The van der Waals surface area contributed by atoms with Crippen molar-refractivity contribution in [3.05, 3.63) is 167 Å². The third kappa shape index (κ3) is 4.43. The Morgan fingerprint density at radius 2 is 1.63 bits per heavy atom. The summed E-state index contributed by atoms with van der Waals surface area (Å²) in [7, 11) is 0. The Balaban J connectivity index is 1.36. The second-order valence-corrected chi connectivity index (χ2v) is 11.5. The number of hydrogen-bond acceptors (Lipinski definition) is 1. The summed E-state index contributed by atoms with van der Waals surface area (Å²) in [6.07, 6.45) is 27.2. The minimum Gasteiger partial charge on any atom is -0.335 e. The van der Waals surface area contributed by atoms with Crippen molar-refractivity contribution >= 4 is 11.3 Å². The molecule has 0 saturated heterocycles. The highest BCUT2D eigenvalue weighted by molar-refractivity contribution is 5.86. The largest absolute Gasteiger partial charge is 0.335 e. The van der Waals surface area contributed by atoms with Crippen LogP contribution < -0.4 is 4.90 Å². The molecule has 1 nitrogen and oxygen atoms in total. The zero-order valence-electron chi connectivity index (χ0n) is 22.6. The van der Waals surface area contributed by atoms with E-state index in [4.69, 9.17) is 0 Å². The maximum atomic E-state index is 4.35. The summed E-state index contributed by atoms with van der Waals surface area (Å²) in [6, 6.07) is 19.3. The van der Waals surface area contributed by atoms with Gasteiger partial charge in [-0.2, -0.15) is 0 Å². The van der Waals surface area contributed by atoms with Crippen LogP contribution in [0.15, 0.2) is 156 Å². The van der Waals surface area contributed by atoms with Gasteiger partial charge in [-0.15, -0.1) is 0 Å². The molecule has 2 aromatic carbocycles. The van der Waals surface area contributed by atoms with E-state index in [0.29, 0.717) is 0 Å². The first-order valence-corrected chi connectivity index (χ1v) is 13.6. The van der Waals surface area contributed by atoms with Gasteiger partial charge >= 0.3 is 0 Å². The van der Waals surface area contributed by atoms with Gasteiger partial charge in [-0.25, -0.2) is 0 Å². The number of para-hydroxylation sites is 1. The number of anilines is 1. The maximum Gasteiger partial charge on any atom is 0.0789 e. The highest BCUT2D eigenvalue weighted by atomic mass is 15.2. The Labute approximate surface area is 227 Å². The Hall–Kier alpha value is -4.10. The monoisotopic (exact) mass is 493 g/mol. The molecule has 4 aliphatic rings. The van der Waals surface area contributed by atoms with E-state index in [1.165, 1.54) is 44.6 Å². The number of fused-ring (bicyclic) bond motifs is 3. The van der Waals surface area contributed by atoms with Gasteiger partial charge in [0.1, 0.15) is 0 Å². The van der Waals surface area contributed by atoms with Crippen LogP contribution in [0.25, 0.3) is 5.57 Å². The molecule has 188 valence electrons. The third-order valence-electron chi connectivity index (χ3n) is 8.06. The van der Waals surface area contributed by atoms with Gasteiger partial charge in [-0.05, 0) is 82.5 Å². The number of nitrogens with zero attached hydrogens (tertiary/aromatic N) is 1. The summed E-state index contributed by atoms with van der Waals surface area (Å²) in [5.41, 5.74) is 11.5. The van der Waals surface area contributed by atoms with E-state index < -0.39 is 0 Å². The fraction of sp³-hybridized carbons (Fsp3) is 0.189. The number of allylic oxidation sites excluding steroid dienone is 14. The van der Waals surface area contributed by atoms with E-state index in [-0.39, 0.29) is 11.0 Å². The Morgan fingerprint density at radius 1 is 0.868 bits per heavy atom. The summed E-state index contributed by atoms with van der Waals surface area (Å²) in [4.78, 5) is 2.37. The molecule has 0 aromatic heterocycles. The van der Waals surface area contributed by atoms with Gasteiger partial charge in [0.2, 0.25) is 0 Å². The van der Waals surface area contributed by atoms with E-state index in [9.17, 15) is 0 Å². The van der Waals surface area contributed by atoms with Crippen LogP contribution in [0.1, 0.15) is 38.3 Å². The molecule has 6 rings (SSSR count). The number of benzene rings is 2. The molecule has 0 saturated carbocycles. The molecule has 0 heterocycles. The highest BCUT2D eigenvalue weighted by Crippen LogP contribution is 2.44. The molecule has 1 atom stereocenters. The van der Waals surface area contributed by atoms with Gasteiger partial charge in [0.05, 0.1) is 5.54 Å². The van der Waals surface area contributed by atoms with Crippen molar-refractivity contribution < 1.29 is 0 Å². The van der Waals surface area contributed by atoms with Gasteiger partial charge in [-0.1, -0.05) is 118 Å². The lowest BCUT2D eigenvalue weighted by atomic mass is 9.89. The fourth-order valence-corrected chi connectivity index (χ4v) is 5.98. The molecule has 2 aromatic rings. The molecule has 0 spiro atoms. The highest BCUT2D eigenvalue weighted by Gasteiger charge is 2.31. The van der Waals surface area contributed by atoms with E-state index in [0.717, 1.165) is 18.5 Å². The van der Waals surface area contributed by atoms with Gasteiger partial charge < -0.3 is 4.90 Å². The molecule has 4 aliphatic carbocycles. The van der Waals surface area contributed by atoms with Crippen LogP contribution in [0.2, 0.25) is 0 Å².